The highest BCUT2D eigenvalue weighted by molar-refractivity contribution is 7.17. The van der Waals surface area contributed by atoms with Crippen LogP contribution < -0.4 is 10.2 Å². The van der Waals surface area contributed by atoms with Gasteiger partial charge in [-0.2, -0.15) is 0 Å². The molecule has 1 fully saturated rings. The lowest BCUT2D eigenvalue weighted by Gasteiger charge is -2.32. The predicted molar refractivity (Wildman–Crippen MR) is 106 cm³/mol. The number of amides is 1. The molecule has 1 saturated heterocycles. The average molecular weight is 396 g/mol. The molecule has 1 amide bonds. The second-order valence-electron chi connectivity index (χ2n) is 7.60. The van der Waals surface area contributed by atoms with E-state index in [4.69, 9.17) is 9.47 Å². The number of carbonyl (C=O) groups is 2. The maximum atomic E-state index is 12.6. The minimum atomic E-state index is -0.311. The summed E-state index contributed by atoms with van der Waals surface area (Å²) in [6.07, 6.45) is 5.00. The van der Waals surface area contributed by atoms with Crippen LogP contribution in [-0.4, -0.2) is 50.3 Å². The van der Waals surface area contributed by atoms with Crippen molar-refractivity contribution >= 4 is 28.2 Å². The Bertz CT molecular complexity index is 678. The van der Waals surface area contributed by atoms with Crippen LogP contribution in [0.15, 0.2) is 0 Å². The van der Waals surface area contributed by atoms with Gasteiger partial charge < -0.3 is 19.7 Å². The highest BCUT2D eigenvalue weighted by Crippen LogP contribution is 2.38. The number of nitrogens with one attached hydrogen (secondary N) is 2. The minimum absolute atomic E-state index is 0.0292. The number of thiophene rings is 1. The van der Waals surface area contributed by atoms with Gasteiger partial charge in [-0.1, -0.05) is 0 Å². The van der Waals surface area contributed by atoms with Gasteiger partial charge in [-0.3, -0.25) is 4.79 Å². The number of fused-ring (bicyclic) bond motifs is 1. The van der Waals surface area contributed by atoms with Crippen LogP contribution in [0.25, 0.3) is 0 Å². The summed E-state index contributed by atoms with van der Waals surface area (Å²) in [6.45, 7) is 8.95. The lowest BCUT2D eigenvalue weighted by molar-refractivity contribution is -0.914. The van der Waals surface area contributed by atoms with E-state index in [9.17, 15) is 9.59 Å². The summed E-state index contributed by atoms with van der Waals surface area (Å²) in [7, 11) is 0. The fourth-order valence-electron chi connectivity index (χ4n) is 4.15. The second-order valence-corrected chi connectivity index (χ2v) is 8.70. The summed E-state index contributed by atoms with van der Waals surface area (Å²) in [5.41, 5.74) is 1.67. The molecule has 3 rings (SSSR count). The van der Waals surface area contributed by atoms with Crippen molar-refractivity contribution < 1.29 is 24.0 Å². The summed E-state index contributed by atoms with van der Waals surface area (Å²) in [5, 5.41) is 3.67. The quantitative estimate of drug-likeness (QED) is 0.721. The summed E-state index contributed by atoms with van der Waals surface area (Å²) in [5.74, 6) is -0.341. The number of hydrogen-bond donors (Lipinski definition) is 2. The minimum Gasteiger partial charge on any atom is -0.462 e. The van der Waals surface area contributed by atoms with E-state index >= 15 is 0 Å². The van der Waals surface area contributed by atoms with Crippen LogP contribution in [-0.2, 0) is 27.1 Å². The Balaban J connectivity index is 1.65. The smallest absolute Gasteiger partial charge is 0.341 e. The van der Waals surface area contributed by atoms with Gasteiger partial charge in [-0.25, -0.2) is 4.79 Å². The van der Waals surface area contributed by atoms with E-state index in [2.05, 4.69) is 19.2 Å². The molecule has 3 atom stereocenters. The van der Waals surface area contributed by atoms with E-state index in [0.29, 0.717) is 23.6 Å². The first-order valence-corrected chi connectivity index (χ1v) is 10.9. The first-order chi connectivity index (χ1) is 13.0. The lowest BCUT2D eigenvalue weighted by Crippen LogP contribution is -3.15. The molecule has 2 heterocycles. The molecule has 2 N–H and O–H groups in total. The molecule has 0 aromatic carbocycles. The molecule has 7 heteroatoms. The fraction of sp³-hybridized carbons (Fsp3) is 0.700. The topological polar surface area (TPSA) is 69.1 Å². The normalized spacial score (nSPS) is 24.9. The van der Waals surface area contributed by atoms with Gasteiger partial charge in [0.2, 0.25) is 5.91 Å². The van der Waals surface area contributed by atoms with Crippen molar-refractivity contribution in [2.24, 2.45) is 0 Å². The zero-order valence-electron chi connectivity index (χ0n) is 16.6. The van der Waals surface area contributed by atoms with Gasteiger partial charge in [-0.15, -0.1) is 11.3 Å². The number of carbonyl (C=O) groups excluding carboxylic acids is 2. The largest absolute Gasteiger partial charge is 0.462 e. The Morgan fingerprint density at radius 3 is 2.63 bits per heavy atom. The Morgan fingerprint density at radius 2 is 1.93 bits per heavy atom. The molecular formula is C20H31N2O4S+. The highest BCUT2D eigenvalue weighted by Gasteiger charge is 2.28. The van der Waals surface area contributed by atoms with E-state index in [1.807, 2.05) is 6.92 Å². The summed E-state index contributed by atoms with van der Waals surface area (Å²) in [4.78, 5) is 27.7. The second kappa shape index (κ2) is 9.17. The van der Waals surface area contributed by atoms with Gasteiger partial charge in [-0.05, 0) is 52.0 Å². The van der Waals surface area contributed by atoms with Gasteiger partial charge in [0.15, 0.2) is 0 Å². The molecule has 1 aliphatic carbocycles. The maximum absolute atomic E-state index is 12.6. The summed E-state index contributed by atoms with van der Waals surface area (Å²) < 4.78 is 11.0. The lowest BCUT2D eigenvalue weighted by atomic mass is 9.95. The first-order valence-electron chi connectivity index (χ1n) is 10.1. The van der Waals surface area contributed by atoms with Gasteiger partial charge in [0.25, 0.3) is 0 Å². The number of hydrogen-bond acceptors (Lipinski definition) is 5. The van der Waals surface area contributed by atoms with Gasteiger partial charge >= 0.3 is 5.97 Å². The van der Waals surface area contributed by atoms with Crippen LogP contribution >= 0.6 is 11.3 Å². The fourth-order valence-corrected chi connectivity index (χ4v) is 5.44. The number of ether oxygens (including phenoxy) is 2. The van der Waals surface area contributed by atoms with Crippen molar-refractivity contribution in [2.45, 2.75) is 65.1 Å². The molecule has 150 valence electrons. The van der Waals surface area contributed by atoms with Crippen molar-refractivity contribution in [3.05, 3.63) is 16.0 Å². The highest BCUT2D eigenvalue weighted by atomic mass is 32.1. The van der Waals surface area contributed by atoms with Gasteiger partial charge in [0.05, 0.1) is 25.1 Å². The van der Waals surface area contributed by atoms with E-state index in [1.165, 1.54) is 9.78 Å². The number of esters is 1. The van der Waals surface area contributed by atoms with Crippen LogP contribution in [0.5, 0.6) is 0 Å². The molecule has 0 bridgehead atoms. The molecule has 6 nitrogen and oxygen atoms in total. The molecule has 27 heavy (non-hydrogen) atoms. The predicted octanol–water partition coefficient (Wildman–Crippen LogP) is 1.82. The van der Waals surface area contributed by atoms with E-state index in [1.54, 1.807) is 11.3 Å². The molecule has 1 aromatic heterocycles. The van der Waals surface area contributed by atoms with E-state index in [0.717, 1.165) is 50.9 Å². The molecule has 0 saturated carbocycles. The molecule has 0 spiro atoms. The molecule has 2 aliphatic rings. The standard InChI is InChI=1S/C20H30N2O4S/c1-4-25-20(24)18-15-7-5-6-8-16(15)27-19(18)21-17(23)9-10-22-11-13(2)26-14(3)12-22/h13-14H,4-12H2,1-3H3,(H,21,23)/p+1/t13-,14+. The summed E-state index contributed by atoms with van der Waals surface area (Å²) in [6, 6.07) is 0. The zero-order valence-corrected chi connectivity index (χ0v) is 17.4. The Morgan fingerprint density at radius 1 is 1.22 bits per heavy atom. The number of rotatable bonds is 6. The third-order valence-electron chi connectivity index (χ3n) is 5.23. The maximum Gasteiger partial charge on any atom is 0.341 e. The number of quaternary nitrogens is 1. The van der Waals surface area contributed by atoms with Crippen LogP contribution in [0.1, 0.15) is 60.8 Å². The molecule has 1 unspecified atom stereocenters. The number of aryl methyl sites for hydroxylation is 1. The van der Waals surface area contributed by atoms with Crippen LogP contribution in [0.2, 0.25) is 0 Å². The van der Waals surface area contributed by atoms with Gasteiger partial charge in [0, 0.05) is 4.88 Å². The van der Waals surface area contributed by atoms with E-state index < -0.39 is 0 Å². The molecular weight excluding hydrogens is 364 g/mol. The molecule has 1 aromatic rings. The van der Waals surface area contributed by atoms with Crippen molar-refractivity contribution in [2.75, 3.05) is 31.6 Å². The van der Waals surface area contributed by atoms with Crippen LogP contribution in [0.3, 0.4) is 0 Å². The third kappa shape index (κ3) is 5.09. The van der Waals surface area contributed by atoms with Crippen molar-refractivity contribution in [3.8, 4) is 0 Å². The summed E-state index contributed by atoms with van der Waals surface area (Å²) >= 11 is 1.55. The monoisotopic (exact) mass is 395 g/mol. The Labute approximate surface area is 165 Å². The molecule has 1 aliphatic heterocycles. The van der Waals surface area contributed by atoms with Crippen molar-refractivity contribution in [1.82, 2.24) is 0 Å². The Kier molecular flexibility index (Phi) is 6.89. The average Bonchev–Trinajstić information content (AvgIpc) is 2.97. The SMILES string of the molecule is CCOC(=O)c1c(NC(=O)CC[NH+]2C[C@@H](C)O[C@@H](C)C2)sc2c1CCCC2. The van der Waals surface area contributed by atoms with Crippen LogP contribution in [0, 0.1) is 0 Å². The number of morpholine rings is 1. The first kappa shape index (κ1) is 20.3. The van der Waals surface area contributed by atoms with Gasteiger partial charge in [0.1, 0.15) is 30.3 Å². The zero-order chi connectivity index (χ0) is 19.4. The Hall–Kier alpha value is -1.44. The molecule has 0 radical (unpaired) electrons. The van der Waals surface area contributed by atoms with Crippen molar-refractivity contribution in [1.29, 1.82) is 0 Å². The van der Waals surface area contributed by atoms with Crippen molar-refractivity contribution in [3.63, 3.8) is 0 Å². The van der Waals surface area contributed by atoms with Crippen LogP contribution in [0.4, 0.5) is 5.00 Å². The number of anilines is 1. The van der Waals surface area contributed by atoms with E-state index in [-0.39, 0.29) is 24.1 Å². The third-order valence-corrected chi connectivity index (χ3v) is 6.43.